The predicted molar refractivity (Wildman–Crippen MR) is 94.6 cm³/mol. The van der Waals surface area contributed by atoms with E-state index in [0.717, 1.165) is 31.6 Å². The van der Waals surface area contributed by atoms with Gasteiger partial charge in [0.1, 0.15) is 0 Å². The lowest BCUT2D eigenvalue weighted by Gasteiger charge is -2.35. The molecule has 0 saturated heterocycles. The van der Waals surface area contributed by atoms with Gasteiger partial charge in [0.15, 0.2) is 0 Å². The van der Waals surface area contributed by atoms with Crippen LogP contribution in [0.4, 0.5) is 0 Å². The van der Waals surface area contributed by atoms with Gasteiger partial charge in [0.25, 0.3) is 0 Å². The number of aromatic nitrogens is 3. The number of benzene rings is 1. The number of fused-ring (bicyclic) bond motifs is 1. The van der Waals surface area contributed by atoms with E-state index in [0.29, 0.717) is 0 Å². The van der Waals surface area contributed by atoms with Crippen LogP contribution in [0.1, 0.15) is 41.0 Å². The van der Waals surface area contributed by atoms with Gasteiger partial charge in [-0.2, -0.15) is 0 Å². The summed E-state index contributed by atoms with van der Waals surface area (Å²) in [7, 11) is 0. The topological polar surface area (TPSA) is 44.8 Å². The highest BCUT2D eigenvalue weighted by Crippen LogP contribution is 2.34. The van der Waals surface area contributed by atoms with Crippen molar-refractivity contribution in [2.45, 2.75) is 32.4 Å². The number of hydrogen-bond donors (Lipinski definition) is 1. The summed E-state index contributed by atoms with van der Waals surface area (Å²) >= 11 is 0. The minimum Gasteiger partial charge on any atom is -0.348 e. The number of pyridine rings is 1. The lowest BCUT2D eigenvalue weighted by Crippen LogP contribution is -2.36. The molecule has 0 saturated carbocycles. The van der Waals surface area contributed by atoms with Crippen molar-refractivity contribution in [1.82, 2.24) is 19.9 Å². The van der Waals surface area contributed by atoms with Gasteiger partial charge in [0, 0.05) is 37.6 Å². The van der Waals surface area contributed by atoms with E-state index < -0.39 is 0 Å². The molecule has 3 heterocycles. The van der Waals surface area contributed by atoms with Crippen molar-refractivity contribution in [2.75, 3.05) is 6.54 Å². The Morgan fingerprint density at radius 3 is 2.83 bits per heavy atom. The van der Waals surface area contributed by atoms with Crippen molar-refractivity contribution in [1.29, 1.82) is 0 Å². The zero-order chi connectivity index (χ0) is 16.4. The number of rotatable bonds is 4. The molecule has 1 atom stereocenters. The molecule has 0 spiro atoms. The maximum absolute atomic E-state index is 4.62. The highest BCUT2D eigenvalue weighted by atomic mass is 15.2. The van der Waals surface area contributed by atoms with E-state index in [1.807, 2.05) is 24.8 Å². The number of aromatic amines is 1. The molecule has 1 aromatic carbocycles. The molecule has 0 radical (unpaired) electrons. The van der Waals surface area contributed by atoms with Gasteiger partial charge in [0.05, 0.1) is 18.1 Å². The number of imidazole rings is 1. The van der Waals surface area contributed by atoms with Gasteiger partial charge in [-0.3, -0.25) is 9.88 Å². The smallest absolute Gasteiger partial charge is 0.0926 e. The first-order valence-corrected chi connectivity index (χ1v) is 8.59. The van der Waals surface area contributed by atoms with Crippen LogP contribution in [0.2, 0.25) is 0 Å². The van der Waals surface area contributed by atoms with Crippen LogP contribution in [0.5, 0.6) is 0 Å². The number of aryl methyl sites for hydroxylation is 1. The molecule has 2 aromatic heterocycles. The second kappa shape index (κ2) is 6.57. The van der Waals surface area contributed by atoms with Crippen LogP contribution in [0.15, 0.2) is 55.1 Å². The fourth-order valence-corrected chi connectivity index (χ4v) is 3.68. The maximum atomic E-state index is 4.62. The molecule has 3 aromatic rings. The zero-order valence-electron chi connectivity index (χ0n) is 13.9. The summed E-state index contributed by atoms with van der Waals surface area (Å²) in [4.78, 5) is 14.8. The minimum atomic E-state index is 0.165. The molecule has 4 nitrogen and oxygen atoms in total. The number of nitrogens with one attached hydrogen (secondary N) is 1. The molecule has 4 heteroatoms. The van der Waals surface area contributed by atoms with Crippen molar-refractivity contribution in [3.63, 3.8) is 0 Å². The van der Waals surface area contributed by atoms with Crippen LogP contribution < -0.4 is 0 Å². The third-order valence-electron chi connectivity index (χ3n) is 4.90. The molecule has 0 fully saturated rings. The van der Waals surface area contributed by atoms with Crippen molar-refractivity contribution < 1.29 is 0 Å². The highest BCUT2D eigenvalue weighted by Gasteiger charge is 2.31. The summed E-state index contributed by atoms with van der Waals surface area (Å²) in [6.45, 7) is 4.18. The van der Waals surface area contributed by atoms with Gasteiger partial charge >= 0.3 is 0 Å². The van der Waals surface area contributed by atoms with Gasteiger partial charge in [-0.1, -0.05) is 37.3 Å². The zero-order valence-corrected chi connectivity index (χ0v) is 13.9. The summed E-state index contributed by atoms with van der Waals surface area (Å²) in [6.07, 6.45) is 7.69. The SMILES string of the molecule is CCc1ccccc1CN1CCc2[nH]cnc2[C@H]1c1cccnc1. The monoisotopic (exact) mass is 318 g/mol. The summed E-state index contributed by atoms with van der Waals surface area (Å²) < 4.78 is 0. The average Bonchev–Trinajstić information content (AvgIpc) is 3.11. The Kier molecular flexibility index (Phi) is 4.13. The van der Waals surface area contributed by atoms with Crippen molar-refractivity contribution in [3.8, 4) is 0 Å². The fourth-order valence-electron chi connectivity index (χ4n) is 3.68. The third-order valence-corrected chi connectivity index (χ3v) is 4.90. The largest absolute Gasteiger partial charge is 0.348 e. The van der Waals surface area contributed by atoms with Crippen molar-refractivity contribution >= 4 is 0 Å². The third kappa shape index (κ3) is 2.74. The first-order valence-electron chi connectivity index (χ1n) is 8.59. The quantitative estimate of drug-likeness (QED) is 0.800. The normalized spacial score (nSPS) is 17.6. The first kappa shape index (κ1) is 15.1. The molecule has 1 aliphatic rings. The van der Waals surface area contributed by atoms with E-state index in [2.05, 4.69) is 57.1 Å². The van der Waals surface area contributed by atoms with Crippen LogP contribution in [-0.4, -0.2) is 26.4 Å². The van der Waals surface area contributed by atoms with E-state index in [-0.39, 0.29) is 6.04 Å². The Morgan fingerprint density at radius 1 is 1.17 bits per heavy atom. The maximum Gasteiger partial charge on any atom is 0.0926 e. The van der Waals surface area contributed by atoms with Crippen molar-refractivity contribution in [2.24, 2.45) is 0 Å². The molecule has 0 amide bonds. The van der Waals surface area contributed by atoms with E-state index in [1.54, 1.807) is 0 Å². The number of nitrogens with zero attached hydrogens (tertiary/aromatic N) is 3. The molecule has 0 bridgehead atoms. The van der Waals surface area contributed by atoms with Gasteiger partial charge in [-0.05, 0) is 29.2 Å². The van der Waals surface area contributed by atoms with Gasteiger partial charge < -0.3 is 4.98 Å². The Balaban J connectivity index is 1.71. The van der Waals surface area contributed by atoms with E-state index in [1.165, 1.54) is 22.4 Å². The molecule has 1 aliphatic heterocycles. The first-order chi connectivity index (χ1) is 11.9. The standard InChI is InChI=1S/C20H22N4/c1-2-15-6-3-4-7-17(15)13-24-11-9-18-19(23-14-22-18)20(24)16-8-5-10-21-12-16/h3-8,10,12,14,20H,2,9,11,13H2,1H3,(H,22,23)/t20-/m1/s1. The van der Waals surface area contributed by atoms with Crippen LogP contribution in [0, 0.1) is 0 Å². The van der Waals surface area contributed by atoms with E-state index in [9.17, 15) is 0 Å². The summed E-state index contributed by atoms with van der Waals surface area (Å²) in [6, 6.07) is 13.1. The van der Waals surface area contributed by atoms with E-state index in [4.69, 9.17) is 0 Å². The fraction of sp³-hybridized carbons (Fsp3) is 0.300. The Labute approximate surface area is 142 Å². The van der Waals surface area contributed by atoms with Crippen LogP contribution in [0.25, 0.3) is 0 Å². The lowest BCUT2D eigenvalue weighted by atomic mass is 9.95. The van der Waals surface area contributed by atoms with Crippen LogP contribution >= 0.6 is 0 Å². The molecular weight excluding hydrogens is 296 g/mol. The van der Waals surface area contributed by atoms with Crippen LogP contribution in [-0.2, 0) is 19.4 Å². The molecule has 0 aliphatic carbocycles. The van der Waals surface area contributed by atoms with Crippen LogP contribution in [0.3, 0.4) is 0 Å². The molecular formula is C20H22N4. The summed E-state index contributed by atoms with van der Waals surface area (Å²) in [5.41, 5.74) is 6.44. The molecule has 4 rings (SSSR count). The lowest BCUT2D eigenvalue weighted by molar-refractivity contribution is 0.199. The average molecular weight is 318 g/mol. The van der Waals surface area contributed by atoms with Gasteiger partial charge in [-0.25, -0.2) is 4.98 Å². The predicted octanol–water partition coefficient (Wildman–Crippen LogP) is 3.51. The highest BCUT2D eigenvalue weighted by molar-refractivity contribution is 5.33. The molecule has 24 heavy (non-hydrogen) atoms. The Bertz CT molecular complexity index is 809. The molecule has 0 unspecified atom stereocenters. The second-order valence-corrected chi connectivity index (χ2v) is 6.30. The van der Waals surface area contributed by atoms with Gasteiger partial charge in [0.2, 0.25) is 0 Å². The van der Waals surface area contributed by atoms with Gasteiger partial charge in [-0.15, -0.1) is 0 Å². The Morgan fingerprint density at radius 2 is 2.04 bits per heavy atom. The number of hydrogen-bond acceptors (Lipinski definition) is 3. The minimum absolute atomic E-state index is 0.165. The molecule has 122 valence electrons. The second-order valence-electron chi connectivity index (χ2n) is 6.30. The van der Waals surface area contributed by atoms with Crippen molar-refractivity contribution in [3.05, 3.63) is 83.2 Å². The number of H-pyrrole nitrogens is 1. The Hall–Kier alpha value is -2.46. The molecule has 1 N–H and O–H groups in total. The van der Waals surface area contributed by atoms with E-state index >= 15 is 0 Å². The summed E-state index contributed by atoms with van der Waals surface area (Å²) in [5.74, 6) is 0. The summed E-state index contributed by atoms with van der Waals surface area (Å²) in [5, 5.41) is 0.